The number of likely N-dealkylation sites (N-methyl/N-ethyl adjacent to an activating group) is 1. The lowest BCUT2D eigenvalue weighted by Gasteiger charge is -2.29. The highest BCUT2D eigenvalue weighted by atomic mass is 31.2. The number of rotatable bonds is 46. The molecule has 0 radical (unpaired) electrons. The Hall–Kier alpha value is -0.760. The van der Waals surface area contributed by atoms with Crippen molar-refractivity contribution in [2.24, 2.45) is 0 Å². The fourth-order valence-electron chi connectivity index (χ4n) is 7.51. The number of hydrogen-bond acceptors (Lipinski definition) is 6. The number of amides is 1. The minimum absolute atomic E-state index is 0.00165. The minimum Gasteiger partial charge on any atom is -0.756 e. The van der Waals surface area contributed by atoms with Gasteiger partial charge in [0, 0.05) is 6.42 Å². The normalized spacial score (nSPS) is 14.3. The van der Waals surface area contributed by atoms with E-state index in [1.165, 1.54) is 186 Å². The summed E-state index contributed by atoms with van der Waals surface area (Å²) in [6.07, 6.45) is 48.7. The summed E-state index contributed by atoms with van der Waals surface area (Å²) in [4.78, 5) is 25.2. The van der Waals surface area contributed by atoms with Gasteiger partial charge in [0.05, 0.1) is 39.9 Å². The average Bonchev–Trinajstić information content (AvgIpc) is 3.17. The van der Waals surface area contributed by atoms with Crippen LogP contribution in [0.4, 0.5) is 0 Å². The van der Waals surface area contributed by atoms with Gasteiger partial charge in [-0.15, -0.1) is 0 Å². The Balaban J connectivity index is 3.96. The van der Waals surface area contributed by atoms with Gasteiger partial charge in [-0.05, 0) is 19.3 Å². The molecular weight excluding hydrogens is 744 g/mol. The number of phosphoric ester groups is 1. The number of nitrogens with zero attached hydrogens (tertiary/aromatic N) is 1. The molecule has 0 aliphatic carbocycles. The SMILES string of the molecule is CCCCCCCC/C=C/C(O)C(COP(=O)([O-])OCC[N+](C)(C)C)NC(=O)CCCCCCCCCCCCCCCCCCCCCCCCCCCCCC. The van der Waals surface area contributed by atoms with E-state index < -0.39 is 20.0 Å². The number of carbonyl (C=O) groups is 1. The monoisotopic (exact) mass is 843 g/mol. The predicted octanol–water partition coefficient (Wildman–Crippen LogP) is 13.7. The highest BCUT2D eigenvalue weighted by Gasteiger charge is 2.23. The van der Waals surface area contributed by atoms with Gasteiger partial charge in [0.25, 0.3) is 7.82 Å². The molecule has 0 aromatic rings. The Labute approximate surface area is 361 Å². The quantitative estimate of drug-likeness (QED) is 0.0273. The molecule has 9 heteroatoms. The summed E-state index contributed by atoms with van der Waals surface area (Å²) in [5.41, 5.74) is 0. The molecule has 346 valence electrons. The van der Waals surface area contributed by atoms with E-state index >= 15 is 0 Å². The fraction of sp³-hybridized carbons (Fsp3) is 0.939. The third-order valence-electron chi connectivity index (χ3n) is 11.5. The van der Waals surface area contributed by atoms with E-state index in [2.05, 4.69) is 19.2 Å². The Morgan fingerprint density at radius 3 is 1.29 bits per heavy atom. The number of quaternary nitrogens is 1. The van der Waals surface area contributed by atoms with Crippen molar-refractivity contribution >= 4 is 13.7 Å². The second kappa shape index (κ2) is 41.6. The molecule has 0 aliphatic rings. The molecule has 3 unspecified atom stereocenters. The van der Waals surface area contributed by atoms with Gasteiger partial charge < -0.3 is 28.8 Å². The smallest absolute Gasteiger partial charge is 0.268 e. The Morgan fingerprint density at radius 1 is 0.586 bits per heavy atom. The third kappa shape index (κ3) is 43.3. The maximum absolute atomic E-state index is 12.8. The molecular formula is C49H99N2O6P. The van der Waals surface area contributed by atoms with Crippen LogP contribution >= 0.6 is 7.82 Å². The Bertz CT molecular complexity index is 958. The van der Waals surface area contributed by atoms with Crippen molar-refractivity contribution in [2.75, 3.05) is 40.9 Å². The number of nitrogens with one attached hydrogen (secondary N) is 1. The molecule has 0 bridgehead atoms. The van der Waals surface area contributed by atoms with E-state index in [4.69, 9.17) is 9.05 Å². The van der Waals surface area contributed by atoms with Crippen molar-refractivity contribution in [3.05, 3.63) is 12.2 Å². The zero-order valence-electron chi connectivity index (χ0n) is 39.3. The van der Waals surface area contributed by atoms with Gasteiger partial charge in [-0.2, -0.15) is 0 Å². The van der Waals surface area contributed by atoms with E-state index in [0.29, 0.717) is 17.4 Å². The number of allylic oxidation sites excluding steroid dienone is 1. The molecule has 0 fully saturated rings. The molecule has 1 amide bonds. The highest BCUT2D eigenvalue weighted by Crippen LogP contribution is 2.38. The van der Waals surface area contributed by atoms with E-state index in [-0.39, 0.29) is 19.1 Å². The van der Waals surface area contributed by atoms with Crippen LogP contribution in [-0.2, 0) is 18.4 Å². The van der Waals surface area contributed by atoms with Gasteiger partial charge in [-0.25, -0.2) is 0 Å². The summed E-state index contributed by atoms with van der Waals surface area (Å²) < 4.78 is 23.1. The number of aliphatic hydroxyl groups excluding tert-OH is 1. The lowest BCUT2D eigenvalue weighted by atomic mass is 10.0. The van der Waals surface area contributed by atoms with Crippen LogP contribution in [0, 0.1) is 0 Å². The number of hydrogen-bond donors (Lipinski definition) is 2. The summed E-state index contributed by atoms with van der Waals surface area (Å²) >= 11 is 0. The van der Waals surface area contributed by atoms with Crippen LogP contribution in [0.15, 0.2) is 12.2 Å². The van der Waals surface area contributed by atoms with Gasteiger partial charge in [0.1, 0.15) is 13.2 Å². The third-order valence-corrected chi connectivity index (χ3v) is 12.5. The number of carbonyl (C=O) groups excluding carboxylic acids is 1. The van der Waals surface area contributed by atoms with Gasteiger partial charge >= 0.3 is 0 Å². The maximum Gasteiger partial charge on any atom is 0.268 e. The van der Waals surface area contributed by atoms with E-state index in [9.17, 15) is 19.4 Å². The van der Waals surface area contributed by atoms with Gasteiger partial charge in [-0.1, -0.05) is 231 Å². The molecule has 2 N–H and O–H groups in total. The molecule has 3 atom stereocenters. The lowest BCUT2D eigenvalue weighted by Crippen LogP contribution is -2.45. The van der Waals surface area contributed by atoms with Crippen LogP contribution in [0.3, 0.4) is 0 Å². The van der Waals surface area contributed by atoms with Crippen LogP contribution in [0.2, 0.25) is 0 Å². The Morgan fingerprint density at radius 2 is 0.931 bits per heavy atom. The largest absolute Gasteiger partial charge is 0.756 e. The number of aliphatic hydroxyl groups is 1. The molecule has 0 saturated heterocycles. The van der Waals surface area contributed by atoms with Crippen molar-refractivity contribution in [3.63, 3.8) is 0 Å². The van der Waals surface area contributed by atoms with Crippen LogP contribution in [0.25, 0.3) is 0 Å². The van der Waals surface area contributed by atoms with Crippen LogP contribution in [0.1, 0.15) is 245 Å². The van der Waals surface area contributed by atoms with Crippen molar-refractivity contribution in [2.45, 2.75) is 257 Å². The molecule has 0 rings (SSSR count). The molecule has 0 aromatic heterocycles. The molecule has 58 heavy (non-hydrogen) atoms. The van der Waals surface area contributed by atoms with Crippen LogP contribution in [0.5, 0.6) is 0 Å². The molecule has 8 nitrogen and oxygen atoms in total. The maximum atomic E-state index is 12.8. The van der Waals surface area contributed by atoms with Crippen LogP contribution < -0.4 is 10.2 Å². The van der Waals surface area contributed by atoms with Crippen molar-refractivity contribution in [3.8, 4) is 0 Å². The molecule has 0 aromatic carbocycles. The summed E-state index contributed by atoms with van der Waals surface area (Å²) in [7, 11) is 1.27. The molecule has 0 saturated carbocycles. The molecule has 0 aliphatic heterocycles. The fourth-order valence-corrected chi connectivity index (χ4v) is 8.23. The second-order valence-corrected chi connectivity index (χ2v) is 19.9. The van der Waals surface area contributed by atoms with Crippen molar-refractivity contribution in [1.29, 1.82) is 0 Å². The average molecular weight is 843 g/mol. The molecule has 0 spiro atoms. The van der Waals surface area contributed by atoms with E-state index in [1.807, 2.05) is 27.2 Å². The predicted molar refractivity (Wildman–Crippen MR) is 247 cm³/mol. The highest BCUT2D eigenvalue weighted by molar-refractivity contribution is 7.45. The summed E-state index contributed by atoms with van der Waals surface area (Å²) in [5.74, 6) is -0.196. The first-order valence-corrected chi connectivity index (χ1v) is 26.5. The molecule has 0 heterocycles. The summed E-state index contributed by atoms with van der Waals surface area (Å²) in [5, 5.41) is 13.7. The van der Waals surface area contributed by atoms with E-state index in [1.54, 1.807) is 6.08 Å². The lowest BCUT2D eigenvalue weighted by molar-refractivity contribution is -0.870. The number of phosphoric acid groups is 1. The van der Waals surface area contributed by atoms with Gasteiger partial charge in [0.15, 0.2) is 0 Å². The number of unbranched alkanes of at least 4 members (excludes halogenated alkanes) is 33. The Kier molecular flexibility index (Phi) is 41.0. The first-order valence-electron chi connectivity index (χ1n) is 25.1. The van der Waals surface area contributed by atoms with Crippen molar-refractivity contribution in [1.82, 2.24) is 5.32 Å². The van der Waals surface area contributed by atoms with Gasteiger partial charge in [0.2, 0.25) is 5.91 Å². The minimum atomic E-state index is -4.58. The topological polar surface area (TPSA) is 108 Å². The summed E-state index contributed by atoms with van der Waals surface area (Å²) in [6, 6.07) is -0.878. The second-order valence-electron chi connectivity index (χ2n) is 18.5. The first-order chi connectivity index (χ1) is 28.0. The van der Waals surface area contributed by atoms with Gasteiger partial charge in [-0.3, -0.25) is 9.36 Å². The standard InChI is InChI=1S/C49H99N2O6P/c1-6-8-10-12-14-16-17-18-19-20-21-22-23-24-25-26-27-28-29-30-31-32-33-34-35-37-39-41-43-49(53)50-47(46-57-58(54,55)56-45-44-51(3,4)5)48(52)42-40-38-36-15-13-11-9-7-2/h40,42,47-48,52H,6-39,41,43-46H2,1-5H3,(H-,50,53,54,55)/b42-40+. The first kappa shape index (κ1) is 57.2. The van der Waals surface area contributed by atoms with E-state index in [0.717, 1.165) is 38.5 Å². The summed E-state index contributed by atoms with van der Waals surface area (Å²) in [6.45, 7) is 4.62. The zero-order valence-corrected chi connectivity index (χ0v) is 40.2. The zero-order chi connectivity index (χ0) is 42.8. The van der Waals surface area contributed by atoms with Crippen molar-refractivity contribution < 1.29 is 32.9 Å². The van der Waals surface area contributed by atoms with Crippen LogP contribution in [-0.4, -0.2) is 68.5 Å².